The molecule has 0 aliphatic carbocycles. The summed E-state index contributed by atoms with van der Waals surface area (Å²) in [5, 5.41) is 12.9. The topological polar surface area (TPSA) is 55.1 Å². The van der Waals surface area contributed by atoms with Crippen LogP contribution in [0.3, 0.4) is 0 Å². The molecular formula is C10H16N2O2. The fourth-order valence-corrected chi connectivity index (χ4v) is 1.46. The lowest BCUT2D eigenvalue weighted by Gasteiger charge is -2.21. The molecule has 1 aromatic rings. The Kier molecular flexibility index (Phi) is 2.64. The van der Waals surface area contributed by atoms with Crippen LogP contribution in [-0.4, -0.2) is 20.9 Å². The zero-order chi connectivity index (χ0) is 10.9. The third-order valence-corrected chi connectivity index (χ3v) is 2.09. The van der Waals surface area contributed by atoms with E-state index in [0.29, 0.717) is 0 Å². The van der Waals surface area contributed by atoms with E-state index >= 15 is 0 Å². The van der Waals surface area contributed by atoms with Crippen molar-refractivity contribution in [3.63, 3.8) is 0 Å². The molecule has 0 saturated carbocycles. The van der Waals surface area contributed by atoms with Gasteiger partial charge < -0.3 is 5.11 Å². The van der Waals surface area contributed by atoms with E-state index in [9.17, 15) is 4.79 Å². The van der Waals surface area contributed by atoms with Crippen LogP contribution < -0.4 is 0 Å². The zero-order valence-electron chi connectivity index (χ0n) is 9.03. The van der Waals surface area contributed by atoms with Crippen LogP contribution in [0.5, 0.6) is 0 Å². The molecule has 4 nitrogen and oxygen atoms in total. The molecule has 0 radical (unpaired) electrons. The smallest absolute Gasteiger partial charge is 0.307 e. The van der Waals surface area contributed by atoms with Crippen LogP contribution in [0.2, 0.25) is 0 Å². The molecule has 1 aromatic heterocycles. The summed E-state index contributed by atoms with van der Waals surface area (Å²) in [6, 6.07) is 0. The van der Waals surface area contributed by atoms with Gasteiger partial charge in [0, 0.05) is 11.3 Å². The molecule has 0 aliphatic rings. The molecule has 1 heterocycles. The summed E-state index contributed by atoms with van der Waals surface area (Å²) >= 11 is 0. The summed E-state index contributed by atoms with van der Waals surface area (Å²) in [7, 11) is 0. The average Bonchev–Trinajstić information content (AvgIpc) is 2.30. The number of hydrogen-bond acceptors (Lipinski definition) is 2. The predicted octanol–water partition coefficient (Wildman–Crippen LogP) is 1.57. The number of aliphatic carboxylic acids is 1. The summed E-state index contributed by atoms with van der Waals surface area (Å²) in [6.45, 7) is 8.02. The minimum absolute atomic E-state index is 0.0436. The highest BCUT2D eigenvalue weighted by atomic mass is 16.4. The molecule has 14 heavy (non-hydrogen) atoms. The van der Waals surface area contributed by atoms with E-state index in [0.717, 1.165) is 11.3 Å². The number of carboxylic acids is 1. The summed E-state index contributed by atoms with van der Waals surface area (Å²) in [4.78, 5) is 10.5. The van der Waals surface area contributed by atoms with Crippen molar-refractivity contribution in [3.05, 3.63) is 17.5 Å². The molecule has 0 aliphatic heterocycles. The van der Waals surface area contributed by atoms with Crippen LogP contribution in [0.15, 0.2) is 6.20 Å². The van der Waals surface area contributed by atoms with Gasteiger partial charge in [0.1, 0.15) is 0 Å². The van der Waals surface area contributed by atoms with Gasteiger partial charge >= 0.3 is 5.97 Å². The second-order valence-corrected chi connectivity index (χ2v) is 4.41. The first-order valence-corrected chi connectivity index (χ1v) is 4.58. The standard InChI is InChI=1S/C10H16N2O2/c1-7-8(5-9(13)14)6-11-12(7)10(2,3)4/h6H,5H2,1-4H3,(H,13,14). The van der Waals surface area contributed by atoms with Crippen molar-refractivity contribution in [1.29, 1.82) is 0 Å². The van der Waals surface area contributed by atoms with Gasteiger partial charge in [0.25, 0.3) is 0 Å². The highest BCUT2D eigenvalue weighted by Gasteiger charge is 2.18. The van der Waals surface area contributed by atoms with E-state index in [-0.39, 0.29) is 12.0 Å². The minimum atomic E-state index is -0.818. The van der Waals surface area contributed by atoms with Gasteiger partial charge in [-0.25, -0.2) is 0 Å². The summed E-state index contributed by atoms with van der Waals surface area (Å²) < 4.78 is 1.85. The molecule has 0 spiro atoms. The Morgan fingerprint density at radius 3 is 2.50 bits per heavy atom. The lowest BCUT2D eigenvalue weighted by molar-refractivity contribution is -0.136. The van der Waals surface area contributed by atoms with Crippen molar-refractivity contribution in [1.82, 2.24) is 9.78 Å². The van der Waals surface area contributed by atoms with E-state index in [1.54, 1.807) is 6.20 Å². The maximum Gasteiger partial charge on any atom is 0.307 e. The second kappa shape index (κ2) is 3.44. The Morgan fingerprint density at radius 1 is 1.57 bits per heavy atom. The molecular weight excluding hydrogens is 180 g/mol. The lowest BCUT2D eigenvalue weighted by Crippen LogP contribution is -2.24. The predicted molar refractivity (Wildman–Crippen MR) is 53.3 cm³/mol. The highest BCUT2D eigenvalue weighted by molar-refractivity contribution is 5.70. The Bertz CT molecular complexity index is 347. The fourth-order valence-electron chi connectivity index (χ4n) is 1.46. The first-order valence-electron chi connectivity index (χ1n) is 4.58. The van der Waals surface area contributed by atoms with Gasteiger partial charge in [-0.05, 0) is 27.7 Å². The first-order chi connectivity index (χ1) is 6.32. The Balaban J connectivity index is 3.03. The SMILES string of the molecule is Cc1c(CC(=O)O)cnn1C(C)(C)C. The van der Waals surface area contributed by atoms with E-state index in [4.69, 9.17) is 5.11 Å². The Morgan fingerprint density at radius 2 is 2.14 bits per heavy atom. The van der Waals surface area contributed by atoms with Crippen LogP contribution in [0.25, 0.3) is 0 Å². The largest absolute Gasteiger partial charge is 0.481 e. The molecule has 0 saturated heterocycles. The van der Waals surface area contributed by atoms with Crippen molar-refractivity contribution in [2.75, 3.05) is 0 Å². The number of carbonyl (C=O) groups is 1. The number of aromatic nitrogens is 2. The van der Waals surface area contributed by atoms with E-state index < -0.39 is 5.97 Å². The van der Waals surface area contributed by atoms with Crippen LogP contribution >= 0.6 is 0 Å². The third-order valence-electron chi connectivity index (χ3n) is 2.09. The molecule has 0 aromatic carbocycles. The van der Waals surface area contributed by atoms with E-state index in [1.165, 1.54) is 0 Å². The highest BCUT2D eigenvalue weighted by Crippen LogP contribution is 2.18. The van der Waals surface area contributed by atoms with E-state index in [2.05, 4.69) is 5.10 Å². The van der Waals surface area contributed by atoms with Gasteiger partial charge in [-0.15, -0.1) is 0 Å². The van der Waals surface area contributed by atoms with Gasteiger partial charge in [0.2, 0.25) is 0 Å². The average molecular weight is 196 g/mol. The number of carboxylic acid groups (broad SMARTS) is 1. The van der Waals surface area contributed by atoms with Crippen molar-refractivity contribution >= 4 is 5.97 Å². The van der Waals surface area contributed by atoms with Crippen LogP contribution in [0.1, 0.15) is 32.0 Å². The molecule has 1 rings (SSSR count). The fraction of sp³-hybridized carbons (Fsp3) is 0.600. The van der Waals surface area contributed by atoms with E-state index in [1.807, 2.05) is 32.4 Å². The molecule has 4 heteroatoms. The lowest BCUT2D eigenvalue weighted by atomic mass is 10.1. The maximum atomic E-state index is 10.5. The van der Waals surface area contributed by atoms with Crippen molar-refractivity contribution < 1.29 is 9.90 Å². The van der Waals surface area contributed by atoms with Crippen molar-refractivity contribution in [3.8, 4) is 0 Å². The number of rotatable bonds is 2. The van der Waals surface area contributed by atoms with Crippen LogP contribution in [-0.2, 0) is 16.8 Å². The molecule has 0 unspecified atom stereocenters. The molecule has 0 bridgehead atoms. The van der Waals surface area contributed by atoms with Gasteiger partial charge in [0.05, 0.1) is 18.2 Å². The van der Waals surface area contributed by atoms with Gasteiger partial charge in [0.15, 0.2) is 0 Å². The third kappa shape index (κ3) is 2.13. The summed E-state index contributed by atoms with van der Waals surface area (Å²) in [6.07, 6.45) is 1.68. The Labute approximate surface area is 83.5 Å². The molecule has 0 amide bonds. The number of hydrogen-bond donors (Lipinski definition) is 1. The minimum Gasteiger partial charge on any atom is -0.481 e. The van der Waals surface area contributed by atoms with Gasteiger partial charge in [-0.2, -0.15) is 5.10 Å². The van der Waals surface area contributed by atoms with Gasteiger partial charge in [-0.1, -0.05) is 0 Å². The second-order valence-electron chi connectivity index (χ2n) is 4.41. The molecule has 78 valence electrons. The summed E-state index contributed by atoms with van der Waals surface area (Å²) in [5.41, 5.74) is 1.62. The Hall–Kier alpha value is -1.32. The monoisotopic (exact) mass is 196 g/mol. The summed E-state index contributed by atoms with van der Waals surface area (Å²) in [5.74, 6) is -0.818. The van der Waals surface area contributed by atoms with Crippen molar-refractivity contribution in [2.45, 2.75) is 39.7 Å². The molecule has 0 atom stereocenters. The van der Waals surface area contributed by atoms with Crippen LogP contribution in [0, 0.1) is 6.92 Å². The number of nitrogens with zero attached hydrogens (tertiary/aromatic N) is 2. The maximum absolute atomic E-state index is 10.5. The zero-order valence-corrected chi connectivity index (χ0v) is 9.03. The van der Waals surface area contributed by atoms with Crippen molar-refractivity contribution in [2.24, 2.45) is 0 Å². The van der Waals surface area contributed by atoms with Crippen LogP contribution in [0.4, 0.5) is 0 Å². The quantitative estimate of drug-likeness (QED) is 0.781. The molecule has 1 N–H and O–H groups in total. The van der Waals surface area contributed by atoms with Gasteiger partial charge in [-0.3, -0.25) is 9.48 Å². The molecule has 0 fully saturated rings. The first kappa shape index (κ1) is 10.8. The normalized spacial score (nSPS) is 11.7.